The molecule has 0 radical (unpaired) electrons. The Labute approximate surface area is 384 Å². The number of carboxylic acid groups (broad SMARTS) is 1. The molecule has 0 spiro atoms. The average Bonchev–Trinajstić information content (AvgIpc) is 3.71. The van der Waals surface area contributed by atoms with E-state index in [1.165, 1.54) is 26.2 Å². The highest BCUT2D eigenvalue weighted by molar-refractivity contribution is 5.97. The van der Waals surface area contributed by atoms with Crippen LogP contribution in [0.4, 0.5) is 0 Å². The number of phenolic OH excluding ortho intramolecular Hbond substituents is 1. The topological polar surface area (TPSA) is 273 Å². The van der Waals surface area contributed by atoms with Gasteiger partial charge in [0.25, 0.3) is 0 Å². The number of carboxylic acids is 1. The van der Waals surface area contributed by atoms with Crippen LogP contribution in [0.5, 0.6) is 5.75 Å². The molecule has 4 aromatic rings. The number of hydrogen-bond acceptors (Lipinski definition) is 9. The Hall–Kier alpha value is -7.24. The molecule has 18 heteroatoms. The summed E-state index contributed by atoms with van der Waals surface area (Å²) in [5.41, 5.74) is 8.47. The molecule has 66 heavy (non-hydrogen) atoms. The summed E-state index contributed by atoms with van der Waals surface area (Å²) < 4.78 is 0. The first-order chi connectivity index (χ1) is 31.5. The smallest absolute Gasteiger partial charge is 0.305 e. The second-order valence-corrected chi connectivity index (χ2v) is 16.3. The lowest BCUT2D eigenvalue weighted by atomic mass is 10.0. The van der Waals surface area contributed by atoms with Crippen LogP contribution in [0.2, 0.25) is 0 Å². The Morgan fingerprint density at radius 3 is 1.91 bits per heavy atom. The van der Waals surface area contributed by atoms with Crippen molar-refractivity contribution in [2.45, 2.75) is 108 Å². The van der Waals surface area contributed by atoms with Crippen LogP contribution >= 0.6 is 0 Å². The number of primary amides is 1. The summed E-state index contributed by atoms with van der Waals surface area (Å²) in [5.74, 6) is -6.36. The Kier molecular flexibility index (Phi) is 19.7. The van der Waals surface area contributed by atoms with E-state index in [9.17, 15) is 48.6 Å². The van der Waals surface area contributed by atoms with Crippen molar-refractivity contribution >= 4 is 58.2 Å². The Balaban J connectivity index is 1.54. The number of aromatic hydroxyl groups is 1. The molecule has 0 aliphatic rings. The number of H-pyrrole nitrogens is 1. The van der Waals surface area contributed by atoms with E-state index in [4.69, 9.17) is 5.73 Å². The van der Waals surface area contributed by atoms with Gasteiger partial charge in [-0.05, 0) is 47.7 Å². The molecule has 7 amide bonds. The summed E-state index contributed by atoms with van der Waals surface area (Å²) in [7, 11) is 2.56. The van der Waals surface area contributed by atoms with Gasteiger partial charge in [0.2, 0.25) is 41.4 Å². The Morgan fingerprint density at radius 2 is 1.27 bits per heavy atom. The van der Waals surface area contributed by atoms with E-state index in [-0.39, 0.29) is 31.4 Å². The quantitative estimate of drug-likeness (QED) is 0.0456. The monoisotopic (exact) mass is 910 g/mol. The minimum Gasteiger partial charge on any atom is -0.508 e. The second-order valence-electron chi connectivity index (χ2n) is 16.3. The van der Waals surface area contributed by atoms with Gasteiger partial charge in [-0.1, -0.05) is 100 Å². The normalized spacial score (nSPS) is 13.3. The van der Waals surface area contributed by atoms with E-state index in [1.807, 2.05) is 38.1 Å². The number of carbonyl (C=O) groups excluding carboxylic acids is 7. The number of rotatable bonds is 26. The minimum absolute atomic E-state index is 0.0380. The van der Waals surface area contributed by atoms with Crippen molar-refractivity contribution in [2.24, 2.45) is 5.73 Å². The number of unbranched alkanes of at least 4 members (excludes halogenated alkanes) is 2. The van der Waals surface area contributed by atoms with Crippen molar-refractivity contribution in [2.75, 3.05) is 20.6 Å². The number of aromatic amines is 1. The highest BCUT2D eigenvalue weighted by atomic mass is 16.4. The number of para-hydroxylation sites is 1. The van der Waals surface area contributed by atoms with Crippen LogP contribution in [0, 0.1) is 0 Å². The zero-order chi connectivity index (χ0) is 48.3. The molecular weight excluding hydrogens is 849 g/mol. The largest absolute Gasteiger partial charge is 0.508 e. The number of nitrogens with zero attached hydrogens (tertiary/aromatic N) is 2. The van der Waals surface area contributed by atoms with Gasteiger partial charge in [0.1, 0.15) is 36.0 Å². The molecule has 4 rings (SSSR count). The first-order valence-corrected chi connectivity index (χ1v) is 22.1. The summed E-state index contributed by atoms with van der Waals surface area (Å²) in [6.07, 6.45) is 3.60. The van der Waals surface area contributed by atoms with Crippen LogP contribution in [0.25, 0.3) is 10.9 Å². The first-order valence-electron chi connectivity index (χ1n) is 22.1. The van der Waals surface area contributed by atoms with Crippen LogP contribution in [-0.2, 0) is 57.6 Å². The predicted octanol–water partition coefficient (Wildman–Crippen LogP) is 2.47. The van der Waals surface area contributed by atoms with Crippen molar-refractivity contribution in [1.29, 1.82) is 0 Å². The van der Waals surface area contributed by atoms with E-state index < -0.39 is 90.5 Å². The maximum Gasteiger partial charge on any atom is 0.305 e. The van der Waals surface area contributed by atoms with Gasteiger partial charge in [0.05, 0.1) is 19.4 Å². The second kappa shape index (κ2) is 25.3. The number of fused-ring (bicyclic) bond motifs is 1. The van der Waals surface area contributed by atoms with Crippen molar-refractivity contribution in [3.63, 3.8) is 0 Å². The highest BCUT2D eigenvalue weighted by Gasteiger charge is 2.38. The molecule has 0 aliphatic carbocycles. The van der Waals surface area contributed by atoms with Gasteiger partial charge >= 0.3 is 5.97 Å². The number of nitrogens with two attached hydrogens (primary N) is 1. The molecule has 0 fully saturated rings. The third-order valence-electron chi connectivity index (χ3n) is 11.3. The molecule has 9 N–H and O–H groups in total. The molecule has 0 saturated heterocycles. The highest BCUT2D eigenvalue weighted by Crippen LogP contribution is 2.20. The van der Waals surface area contributed by atoms with Gasteiger partial charge in [0.15, 0.2) is 0 Å². The summed E-state index contributed by atoms with van der Waals surface area (Å²) in [5, 5.41) is 31.0. The Bertz CT molecular complexity index is 2300. The lowest BCUT2D eigenvalue weighted by molar-refractivity contribution is -0.152. The third-order valence-corrected chi connectivity index (χ3v) is 11.3. The van der Waals surface area contributed by atoms with Crippen LogP contribution in [0.1, 0.15) is 75.5 Å². The third kappa shape index (κ3) is 15.2. The van der Waals surface area contributed by atoms with Gasteiger partial charge in [0, 0.05) is 44.0 Å². The Morgan fingerprint density at radius 1 is 0.667 bits per heavy atom. The molecule has 0 saturated carbocycles. The van der Waals surface area contributed by atoms with Crippen LogP contribution < -0.4 is 27.0 Å². The number of carbonyl (C=O) groups is 8. The zero-order valence-electron chi connectivity index (χ0n) is 37.9. The number of nitrogens with one attached hydrogen (secondary N) is 5. The van der Waals surface area contributed by atoms with Crippen LogP contribution in [0.15, 0.2) is 85.1 Å². The van der Waals surface area contributed by atoms with E-state index in [1.54, 1.807) is 48.7 Å². The minimum atomic E-state index is -1.59. The number of likely N-dealkylation sites (N-methyl/N-ethyl adjacent to an activating group) is 2. The maximum absolute atomic E-state index is 14.4. The van der Waals surface area contributed by atoms with Crippen molar-refractivity contribution in [3.8, 4) is 5.75 Å². The van der Waals surface area contributed by atoms with Gasteiger partial charge in [-0.3, -0.25) is 38.4 Å². The van der Waals surface area contributed by atoms with E-state index >= 15 is 0 Å². The molecule has 0 bridgehead atoms. The fourth-order valence-electron chi connectivity index (χ4n) is 7.53. The summed E-state index contributed by atoms with van der Waals surface area (Å²) in [6, 6.07) is 15.9. The zero-order valence-corrected chi connectivity index (χ0v) is 37.9. The predicted molar refractivity (Wildman–Crippen MR) is 246 cm³/mol. The van der Waals surface area contributed by atoms with Crippen molar-refractivity contribution in [1.82, 2.24) is 36.1 Å². The molecule has 354 valence electrons. The molecular formula is C48H62N8O10. The van der Waals surface area contributed by atoms with Crippen LogP contribution in [0.3, 0.4) is 0 Å². The number of phenols is 1. The maximum atomic E-state index is 14.4. The van der Waals surface area contributed by atoms with E-state index in [2.05, 4.69) is 26.3 Å². The van der Waals surface area contributed by atoms with Gasteiger partial charge < -0.3 is 52.0 Å². The SMILES string of the molecule is CCCC[C@H](NC(=O)Cc1ccc(O)cc1)C(=O)NCC(=O)N[C@@H](Cc1c[nH]c2ccccc12)C(=O)N[C@@H](CCCC)C(=O)N(C)[C@@H](CC(=O)O)C(=O)N(C)[C@@H](Cc1ccccc1)C(N)=O. The number of benzene rings is 3. The van der Waals surface area contributed by atoms with Crippen molar-refractivity contribution < 1.29 is 48.6 Å². The lowest BCUT2D eigenvalue weighted by Gasteiger charge is -2.35. The van der Waals surface area contributed by atoms with Gasteiger partial charge in [-0.2, -0.15) is 0 Å². The summed E-state index contributed by atoms with van der Waals surface area (Å²) >= 11 is 0. The summed E-state index contributed by atoms with van der Waals surface area (Å²) in [4.78, 5) is 113. The van der Waals surface area contributed by atoms with Crippen molar-refractivity contribution in [3.05, 3.63) is 102 Å². The number of hydrogen-bond donors (Lipinski definition) is 8. The molecule has 18 nitrogen and oxygen atoms in total. The number of aromatic nitrogens is 1. The first kappa shape index (κ1) is 51.4. The fourth-order valence-corrected chi connectivity index (χ4v) is 7.53. The standard InChI is InChI=1S/C48H62N8O10/c1-5-7-17-36(52-41(58)25-31-20-22-33(57)23-21-31)45(63)51-29-42(59)53-38(26-32-28-50-35-19-13-12-16-34(32)35)46(64)54-37(18-8-6-2)47(65)56(4)40(27-43(60)61)48(66)55(3)39(44(49)62)24-30-14-10-9-11-15-30/h9-16,19-23,28,36-40,50,57H,5-8,17-18,24-27,29H2,1-4H3,(H2,49,62)(H,51,63)(H,52,58)(H,53,59)(H,54,64)(H,60,61)/t36-,37-,38-,39-,40-/m0/s1. The molecule has 0 unspecified atom stereocenters. The van der Waals surface area contributed by atoms with E-state index in [0.717, 1.165) is 27.1 Å². The number of amides is 7. The van der Waals surface area contributed by atoms with Gasteiger partial charge in [-0.25, -0.2) is 0 Å². The fraction of sp³-hybridized carbons (Fsp3) is 0.417. The molecule has 3 aromatic carbocycles. The van der Waals surface area contributed by atoms with Gasteiger partial charge in [-0.15, -0.1) is 0 Å². The molecule has 1 heterocycles. The molecule has 5 atom stereocenters. The lowest BCUT2D eigenvalue weighted by Crippen LogP contribution is -2.59. The van der Waals surface area contributed by atoms with Crippen LogP contribution in [-0.4, -0.2) is 123 Å². The number of aliphatic carboxylic acids is 1. The van der Waals surface area contributed by atoms with E-state index in [0.29, 0.717) is 42.4 Å². The molecule has 1 aromatic heterocycles. The average molecular weight is 911 g/mol. The summed E-state index contributed by atoms with van der Waals surface area (Å²) in [6.45, 7) is 3.24. The molecule has 0 aliphatic heterocycles.